The van der Waals surface area contributed by atoms with Crippen LogP contribution in [0.4, 0.5) is 5.69 Å². The van der Waals surface area contributed by atoms with Crippen LogP contribution in [0.3, 0.4) is 0 Å². The van der Waals surface area contributed by atoms with Gasteiger partial charge in [0.1, 0.15) is 10.6 Å². The van der Waals surface area contributed by atoms with Crippen molar-refractivity contribution in [2.45, 2.75) is 18.4 Å². The highest BCUT2D eigenvalue weighted by atomic mass is 32.2. The smallest absolute Gasteiger partial charge is 0.273 e. The molecule has 0 fully saturated rings. The normalized spacial score (nSPS) is 11.7. The van der Waals surface area contributed by atoms with Crippen LogP contribution in [0.15, 0.2) is 35.5 Å². The van der Waals surface area contributed by atoms with E-state index in [1.54, 1.807) is 31.0 Å². The van der Waals surface area contributed by atoms with Crippen molar-refractivity contribution < 1.29 is 18.1 Å². The summed E-state index contributed by atoms with van der Waals surface area (Å²) in [5.74, 6) is -0.0613. The number of aromatic nitrogens is 2. The van der Waals surface area contributed by atoms with Crippen LogP contribution in [0.25, 0.3) is 0 Å². The zero-order chi connectivity index (χ0) is 17.9. The van der Waals surface area contributed by atoms with Crippen LogP contribution >= 0.6 is 0 Å². The fraction of sp³-hybridized carbons (Fsp3) is 0.357. The highest BCUT2D eigenvalue weighted by molar-refractivity contribution is 7.89. The van der Waals surface area contributed by atoms with Crippen LogP contribution in [0.5, 0.6) is 5.75 Å². The molecule has 10 heteroatoms. The van der Waals surface area contributed by atoms with E-state index in [4.69, 9.17) is 4.74 Å². The number of nitro benzene ring substituents is 1. The first-order valence-electron chi connectivity index (χ1n) is 7.09. The largest absolute Gasteiger partial charge is 0.495 e. The molecule has 2 aromatic rings. The summed E-state index contributed by atoms with van der Waals surface area (Å²) in [4.78, 5) is 10.1. The Bertz CT molecular complexity index is 847. The Morgan fingerprint density at radius 2 is 2.12 bits per heavy atom. The van der Waals surface area contributed by atoms with Crippen molar-refractivity contribution in [3.05, 3.63) is 46.3 Å². The quantitative estimate of drug-likeness (QED) is 0.551. The second kappa shape index (κ2) is 6.97. The van der Waals surface area contributed by atoms with Crippen molar-refractivity contribution in [3.63, 3.8) is 0 Å². The molecule has 0 bridgehead atoms. The number of nitrogens with zero attached hydrogens (tertiary/aromatic N) is 4. The number of sulfonamides is 1. The van der Waals surface area contributed by atoms with Gasteiger partial charge in [0, 0.05) is 38.0 Å². The maximum Gasteiger partial charge on any atom is 0.273 e. The van der Waals surface area contributed by atoms with Crippen LogP contribution in [0.1, 0.15) is 12.5 Å². The van der Waals surface area contributed by atoms with Gasteiger partial charge >= 0.3 is 0 Å². The predicted octanol–water partition coefficient (Wildman–Crippen LogP) is 1.55. The third-order valence-electron chi connectivity index (χ3n) is 3.45. The monoisotopic (exact) mass is 354 g/mol. The lowest BCUT2D eigenvalue weighted by molar-refractivity contribution is -0.385. The molecule has 0 N–H and O–H groups in total. The van der Waals surface area contributed by atoms with Crippen molar-refractivity contribution in [2.24, 2.45) is 7.05 Å². The third kappa shape index (κ3) is 3.54. The molecule has 1 heterocycles. The SMILES string of the molecule is CCN(Cc1cnn(C)c1)S(=O)(=O)c1ccc([N+](=O)[O-])cc1OC. The molecule has 0 saturated heterocycles. The van der Waals surface area contributed by atoms with E-state index in [0.29, 0.717) is 0 Å². The first kappa shape index (κ1) is 17.9. The number of hydrogen-bond donors (Lipinski definition) is 0. The summed E-state index contributed by atoms with van der Waals surface area (Å²) in [6.07, 6.45) is 3.32. The Kier molecular flexibility index (Phi) is 5.20. The van der Waals surface area contributed by atoms with E-state index in [1.807, 2.05) is 0 Å². The van der Waals surface area contributed by atoms with E-state index in [-0.39, 0.29) is 29.4 Å². The number of nitro groups is 1. The maximum atomic E-state index is 12.9. The number of methoxy groups -OCH3 is 1. The van der Waals surface area contributed by atoms with Crippen LogP contribution in [0, 0.1) is 10.1 Å². The standard InChI is InChI=1S/C14H18N4O5S/c1-4-17(10-11-8-15-16(2)9-11)24(21,22)14-6-5-12(18(19)20)7-13(14)23-3/h5-9H,4,10H2,1-3H3. The van der Waals surface area contributed by atoms with Gasteiger partial charge in [0.05, 0.1) is 24.3 Å². The Hall–Kier alpha value is -2.46. The van der Waals surface area contributed by atoms with Gasteiger partial charge in [0.25, 0.3) is 5.69 Å². The van der Waals surface area contributed by atoms with Gasteiger partial charge in [-0.15, -0.1) is 0 Å². The Morgan fingerprint density at radius 3 is 2.62 bits per heavy atom. The number of rotatable bonds is 7. The van der Waals surface area contributed by atoms with Gasteiger partial charge in [-0.3, -0.25) is 14.8 Å². The molecule has 0 spiro atoms. The molecule has 130 valence electrons. The molecule has 0 saturated carbocycles. The van der Waals surface area contributed by atoms with E-state index in [9.17, 15) is 18.5 Å². The Morgan fingerprint density at radius 1 is 1.42 bits per heavy atom. The number of ether oxygens (including phenoxy) is 1. The van der Waals surface area contributed by atoms with E-state index < -0.39 is 14.9 Å². The summed E-state index contributed by atoms with van der Waals surface area (Å²) < 4.78 is 33.7. The van der Waals surface area contributed by atoms with E-state index >= 15 is 0 Å². The van der Waals surface area contributed by atoms with Crippen molar-refractivity contribution >= 4 is 15.7 Å². The van der Waals surface area contributed by atoms with Gasteiger partial charge in [-0.05, 0) is 6.07 Å². The second-order valence-electron chi connectivity index (χ2n) is 5.05. The lowest BCUT2D eigenvalue weighted by atomic mass is 10.3. The van der Waals surface area contributed by atoms with Gasteiger partial charge in [0.2, 0.25) is 10.0 Å². The molecular formula is C14H18N4O5S. The Balaban J connectivity index is 2.41. The van der Waals surface area contributed by atoms with E-state index in [1.165, 1.54) is 17.5 Å². The second-order valence-corrected chi connectivity index (χ2v) is 6.95. The summed E-state index contributed by atoms with van der Waals surface area (Å²) in [6.45, 7) is 2.09. The molecule has 9 nitrogen and oxygen atoms in total. The first-order chi connectivity index (χ1) is 11.3. The number of non-ortho nitro benzene ring substituents is 1. The maximum absolute atomic E-state index is 12.9. The van der Waals surface area contributed by atoms with Crippen molar-refractivity contribution in [1.29, 1.82) is 0 Å². The molecule has 1 aromatic carbocycles. The van der Waals surface area contributed by atoms with Crippen molar-refractivity contribution in [1.82, 2.24) is 14.1 Å². The minimum absolute atomic E-state index is 0.0613. The number of hydrogen-bond acceptors (Lipinski definition) is 6. The molecule has 0 aliphatic heterocycles. The third-order valence-corrected chi connectivity index (χ3v) is 5.41. The zero-order valence-corrected chi connectivity index (χ0v) is 14.4. The average molecular weight is 354 g/mol. The number of aryl methyl sites for hydroxylation is 1. The highest BCUT2D eigenvalue weighted by Gasteiger charge is 2.28. The molecule has 24 heavy (non-hydrogen) atoms. The predicted molar refractivity (Wildman–Crippen MR) is 86.1 cm³/mol. The van der Waals surface area contributed by atoms with E-state index in [2.05, 4.69) is 5.10 Å². The summed E-state index contributed by atoms with van der Waals surface area (Å²) >= 11 is 0. The molecule has 1 aromatic heterocycles. The fourth-order valence-electron chi connectivity index (χ4n) is 2.25. The molecule has 0 aliphatic rings. The van der Waals surface area contributed by atoms with Gasteiger partial charge in [0.15, 0.2) is 0 Å². The van der Waals surface area contributed by atoms with E-state index in [0.717, 1.165) is 17.7 Å². The highest BCUT2D eigenvalue weighted by Crippen LogP contribution is 2.31. The van der Waals surface area contributed by atoms with Gasteiger partial charge in [-0.1, -0.05) is 6.92 Å². The minimum atomic E-state index is -3.88. The molecular weight excluding hydrogens is 336 g/mol. The summed E-state index contributed by atoms with van der Waals surface area (Å²) in [5.41, 5.74) is 0.505. The lowest BCUT2D eigenvalue weighted by Gasteiger charge is -2.21. The number of benzene rings is 1. The zero-order valence-electron chi connectivity index (χ0n) is 13.5. The molecule has 0 radical (unpaired) electrons. The molecule has 0 amide bonds. The van der Waals surface area contributed by atoms with Crippen LogP contribution in [-0.4, -0.2) is 41.1 Å². The topological polar surface area (TPSA) is 108 Å². The van der Waals surface area contributed by atoms with Crippen LogP contribution in [0.2, 0.25) is 0 Å². The molecule has 2 rings (SSSR count). The molecule has 0 unspecified atom stereocenters. The van der Waals surface area contributed by atoms with Gasteiger partial charge < -0.3 is 4.74 Å². The molecule has 0 atom stereocenters. The fourth-order valence-corrected chi connectivity index (χ4v) is 3.82. The summed E-state index contributed by atoms with van der Waals surface area (Å²) in [5, 5.41) is 14.9. The van der Waals surface area contributed by atoms with Gasteiger partial charge in [-0.25, -0.2) is 8.42 Å². The van der Waals surface area contributed by atoms with Crippen molar-refractivity contribution in [2.75, 3.05) is 13.7 Å². The van der Waals surface area contributed by atoms with Crippen LogP contribution in [-0.2, 0) is 23.6 Å². The Labute approximate surface area is 139 Å². The first-order valence-corrected chi connectivity index (χ1v) is 8.53. The average Bonchev–Trinajstić information content (AvgIpc) is 2.96. The van der Waals surface area contributed by atoms with Crippen molar-refractivity contribution in [3.8, 4) is 5.75 Å². The summed E-state index contributed by atoms with van der Waals surface area (Å²) in [7, 11) is -0.860. The van der Waals surface area contributed by atoms with Gasteiger partial charge in [-0.2, -0.15) is 9.40 Å². The van der Waals surface area contributed by atoms with Crippen LogP contribution < -0.4 is 4.74 Å². The molecule has 0 aliphatic carbocycles. The summed E-state index contributed by atoms with van der Waals surface area (Å²) in [6, 6.07) is 3.44. The lowest BCUT2D eigenvalue weighted by Crippen LogP contribution is -2.30. The minimum Gasteiger partial charge on any atom is -0.495 e.